The van der Waals surface area contributed by atoms with Crippen molar-refractivity contribution in [3.05, 3.63) is 16.6 Å². The first-order valence-corrected chi connectivity index (χ1v) is 8.91. The fourth-order valence-corrected chi connectivity index (χ4v) is 4.17. The lowest BCUT2D eigenvalue weighted by molar-refractivity contribution is -0.00719. The van der Waals surface area contributed by atoms with Crippen LogP contribution in [0.1, 0.15) is 38.2 Å². The van der Waals surface area contributed by atoms with Crippen LogP contribution < -0.4 is 4.72 Å². The zero-order valence-electron chi connectivity index (χ0n) is 12.0. The van der Waals surface area contributed by atoms with Crippen LogP contribution in [-0.2, 0) is 14.9 Å². The molecule has 1 atom stereocenters. The van der Waals surface area contributed by atoms with Crippen molar-refractivity contribution in [2.75, 3.05) is 19.7 Å². The zero-order chi connectivity index (χ0) is 14.8. The molecule has 1 saturated heterocycles. The highest BCUT2D eigenvalue weighted by molar-refractivity contribution is 7.87. The maximum Gasteiger partial charge on any atom is 0.280 e. The van der Waals surface area contributed by atoms with E-state index in [9.17, 15) is 8.42 Å². The molecule has 0 radical (unpaired) electrons. The molecule has 0 spiro atoms. The third kappa shape index (κ3) is 4.23. The van der Waals surface area contributed by atoms with E-state index in [2.05, 4.69) is 9.71 Å². The molecule has 0 amide bonds. The minimum Gasteiger partial charge on any atom is -0.374 e. The van der Waals surface area contributed by atoms with Gasteiger partial charge < -0.3 is 4.74 Å². The van der Waals surface area contributed by atoms with Crippen LogP contribution in [0.3, 0.4) is 0 Å². The summed E-state index contributed by atoms with van der Waals surface area (Å²) in [7, 11) is -3.45. The summed E-state index contributed by atoms with van der Waals surface area (Å²) in [6.07, 6.45) is 2.42. The van der Waals surface area contributed by atoms with E-state index in [1.807, 2.05) is 26.2 Å². The van der Waals surface area contributed by atoms with E-state index in [1.54, 1.807) is 6.20 Å². The van der Waals surface area contributed by atoms with Gasteiger partial charge in [-0.1, -0.05) is 0 Å². The van der Waals surface area contributed by atoms with Crippen LogP contribution in [0.2, 0.25) is 0 Å². The van der Waals surface area contributed by atoms with Crippen LogP contribution in [0.25, 0.3) is 0 Å². The Hall–Kier alpha value is -0.540. The average Bonchev–Trinajstić information content (AvgIpc) is 2.82. The van der Waals surface area contributed by atoms with Gasteiger partial charge in [0, 0.05) is 24.7 Å². The highest BCUT2D eigenvalue weighted by Crippen LogP contribution is 2.25. The number of thiazole rings is 1. The predicted molar refractivity (Wildman–Crippen MR) is 78.8 cm³/mol. The molecule has 1 aromatic heterocycles. The Morgan fingerprint density at radius 2 is 2.30 bits per heavy atom. The average molecular weight is 319 g/mol. The molecule has 0 bridgehead atoms. The summed E-state index contributed by atoms with van der Waals surface area (Å²) >= 11 is 1.47. The summed E-state index contributed by atoms with van der Waals surface area (Å²) < 4.78 is 34.1. The van der Waals surface area contributed by atoms with Crippen LogP contribution in [0.15, 0.2) is 11.6 Å². The van der Waals surface area contributed by atoms with Gasteiger partial charge in [-0.15, -0.1) is 11.3 Å². The molecular weight excluding hydrogens is 298 g/mol. The van der Waals surface area contributed by atoms with Crippen molar-refractivity contribution in [2.24, 2.45) is 0 Å². The highest BCUT2D eigenvalue weighted by atomic mass is 32.2. The van der Waals surface area contributed by atoms with Gasteiger partial charge in [0.05, 0.1) is 18.2 Å². The third-order valence-electron chi connectivity index (χ3n) is 2.92. The molecule has 2 rings (SSSR count). The first kappa shape index (κ1) is 15.8. The fourth-order valence-electron chi connectivity index (χ4n) is 1.97. The SMILES string of the molecule is CC(C)(C)OCCN1CC[C@@H](c2nccs2)NS1(=O)=O. The molecule has 0 aliphatic carbocycles. The van der Waals surface area contributed by atoms with Crippen molar-refractivity contribution in [2.45, 2.75) is 38.8 Å². The maximum atomic E-state index is 12.2. The number of aromatic nitrogens is 1. The van der Waals surface area contributed by atoms with Crippen molar-refractivity contribution in [1.29, 1.82) is 0 Å². The quantitative estimate of drug-likeness (QED) is 0.914. The van der Waals surface area contributed by atoms with Crippen LogP contribution >= 0.6 is 11.3 Å². The van der Waals surface area contributed by atoms with Gasteiger partial charge in [-0.3, -0.25) is 0 Å². The Morgan fingerprint density at radius 3 is 2.85 bits per heavy atom. The molecule has 2 heterocycles. The predicted octanol–water partition coefficient (Wildman–Crippen LogP) is 1.54. The molecule has 1 fully saturated rings. The first-order valence-electron chi connectivity index (χ1n) is 6.59. The summed E-state index contributed by atoms with van der Waals surface area (Å²) in [6.45, 7) is 7.12. The largest absolute Gasteiger partial charge is 0.374 e. The van der Waals surface area contributed by atoms with Gasteiger partial charge in [0.15, 0.2) is 0 Å². The molecule has 114 valence electrons. The van der Waals surface area contributed by atoms with Gasteiger partial charge in [-0.05, 0) is 27.2 Å². The minimum atomic E-state index is -3.45. The van der Waals surface area contributed by atoms with E-state index in [0.717, 1.165) is 11.4 Å². The Labute approximate surface area is 124 Å². The minimum absolute atomic E-state index is 0.209. The number of nitrogens with zero attached hydrogens (tertiary/aromatic N) is 2. The zero-order valence-corrected chi connectivity index (χ0v) is 13.6. The molecule has 1 aliphatic heterocycles. The topological polar surface area (TPSA) is 71.5 Å². The third-order valence-corrected chi connectivity index (χ3v) is 5.44. The van der Waals surface area contributed by atoms with E-state index in [1.165, 1.54) is 15.6 Å². The van der Waals surface area contributed by atoms with E-state index in [-0.39, 0.29) is 11.6 Å². The Morgan fingerprint density at radius 1 is 1.55 bits per heavy atom. The van der Waals surface area contributed by atoms with Gasteiger partial charge in [0.2, 0.25) is 0 Å². The lowest BCUT2D eigenvalue weighted by Gasteiger charge is -2.32. The summed E-state index contributed by atoms with van der Waals surface area (Å²) in [5.74, 6) is 0. The molecule has 0 saturated carbocycles. The Bertz CT molecular complexity index is 523. The van der Waals surface area contributed by atoms with Crippen LogP contribution in [0.4, 0.5) is 0 Å². The van der Waals surface area contributed by atoms with Crippen LogP contribution in [-0.4, -0.2) is 43.0 Å². The van der Waals surface area contributed by atoms with Gasteiger partial charge in [-0.2, -0.15) is 17.4 Å². The molecule has 0 aromatic carbocycles. The normalized spacial score (nSPS) is 23.9. The van der Waals surface area contributed by atoms with Crippen molar-refractivity contribution < 1.29 is 13.2 Å². The fraction of sp³-hybridized carbons (Fsp3) is 0.750. The van der Waals surface area contributed by atoms with Crippen molar-refractivity contribution in [3.63, 3.8) is 0 Å². The van der Waals surface area contributed by atoms with E-state index < -0.39 is 10.2 Å². The Kier molecular flexibility index (Phi) is 4.80. The van der Waals surface area contributed by atoms with E-state index in [4.69, 9.17) is 4.74 Å². The van der Waals surface area contributed by atoms with Crippen molar-refractivity contribution in [3.8, 4) is 0 Å². The second-order valence-corrected chi connectivity index (χ2v) is 8.32. The number of nitrogens with one attached hydrogen (secondary N) is 1. The standard InChI is InChI=1S/C12H21N3O3S2/c1-12(2,3)18-8-7-15-6-4-10(14-20(15,16)17)11-13-5-9-19-11/h5,9-10,14H,4,6-8H2,1-3H3/t10-/m0/s1. The van der Waals surface area contributed by atoms with Gasteiger partial charge >= 0.3 is 0 Å². The van der Waals surface area contributed by atoms with E-state index in [0.29, 0.717) is 19.7 Å². The lowest BCUT2D eigenvalue weighted by Crippen LogP contribution is -2.49. The van der Waals surface area contributed by atoms with Crippen molar-refractivity contribution >= 4 is 21.5 Å². The van der Waals surface area contributed by atoms with E-state index >= 15 is 0 Å². The van der Waals surface area contributed by atoms with Gasteiger partial charge in [0.25, 0.3) is 10.2 Å². The molecule has 1 N–H and O–H groups in total. The maximum absolute atomic E-state index is 12.2. The smallest absolute Gasteiger partial charge is 0.280 e. The number of ether oxygens (including phenoxy) is 1. The molecule has 8 heteroatoms. The highest BCUT2D eigenvalue weighted by Gasteiger charge is 2.33. The Balaban J connectivity index is 1.92. The molecule has 1 aromatic rings. The summed E-state index contributed by atoms with van der Waals surface area (Å²) in [5.41, 5.74) is -0.254. The molecule has 1 aliphatic rings. The first-order chi connectivity index (χ1) is 9.28. The van der Waals surface area contributed by atoms with Gasteiger partial charge in [0.1, 0.15) is 5.01 Å². The second kappa shape index (κ2) is 6.07. The second-order valence-electron chi connectivity index (χ2n) is 5.69. The molecule has 6 nitrogen and oxygen atoms in total. The number of hydrogen-bond acceptors (Lipinski definition) is 5. The van der Waals surface area contributed by atoms with Gasteiger partial charge in [-0.25, -0.2) is 4.98 Å². The summed E-state index contributed by atoms with van der Waals surface area (Å²) in [5, 5.41) is 2.67. The summed E-state index contributed by atoms with van der Waals surface area (Å²) in [4.78, 5) is 4.17. The van der Waals surface area contributed by atoms with Crippen LogP contribution in [0, 0.1) is 0 Å². The number of rotatable bonds is 4. The van der Waals surface area contributed by atoms with Crippen molar-refractivity contribution in [1.82, 2.24) is 14.0 Å². The molecule has 0 unspecified atom stereocenters. The molecular formula is C12H21N3O3S2. The monoisotopic (exact) mass is 319 g/mol. The number of hydrogen-bond donors (Lipinski definition) is 1. The summed E-state index contributed by atoms with van der Waals surface area (Å²) in [6, 6.07) is -0.209. The lowest BCUT2D eigenvalue weighted by atomic mass is 10.2. The van der Waals surface area contributed by atoms with Crippen LogP contribution in [0.5, 0.6) is 0 Å². The molecule has 20 heavy (non-hydrogen) atoms.